The minimum atomic E-state index is -0.536. The molecule has 0 aliphatic heterocycles. The Morgan fingerprint density at radius 2 is 1.71 bits per heavy atom. The third kappa shape index (κ3) is 5.15. The van der Waals surface area contributed by atoms with Crippen molar-refractivity contribution in [2.24, 2.45) is 0 Å². The second-order valence-electron chi connectivity index (χ2n) is 6.14. The zero-order valence-electron chi connectivity index (χ0n) is 14.8. The molecule has 0 aliphatic carbocycles. The van der Waals surface area contributed by atoms with Crippen molar-refractivity contribution in [1.82, 2.24) is 0 Å². The van der Waals surface area contributed by atoms with Gasteiger partial charge in [0, 0.05) is 10.2 Å². The van der Waals surface area contributed by atoms with Gasteiger partial charge in [-0.05, 0) is 59.5 Å². The highest BCUT2D eigenvalue weighted by molar-refractivity contribution is 9.10. The van der Waals surface area contributed by atoms with Crippen molar-refractivity contribution in [3.05, 3.63) is 105 Å². The number of hydrogen-bond acceptors (Lipinski definition) is 2. The second kappa shape index (κ2) is 9.12. The molecular weight excluding hydrogens is 419 g/mol. The summed E-state index contributed by atoms with van der Waals surface area (Å²) in [4.78, 5) is 12.3. The number of carbonyl (C=O) groups is 1. The average molecular weight is 435 g/mol. The molecule has 0 aliphatic rings. The molecule has 0 saturated carbocycles. The van der Waals surface area contributed by atoms with Crippen LogP contribution in [0.4, 0.5) is 10.1 Å². The van der Waals surface area contributed by atoms with E-state index in [1.165, 1.54) is 35.9 Å². The van der Waals surface area contributed by atoms with Crippen molar-refractivity contribution in [2.75, 3.05) is 5.32 Å². The predicted molar refractivity (Wildman–Crippen MR) is 112 cm³/mol. The summed E-state index contributed by atoms with van der Waals surface area (Å²) in [5.41, 5.74) is 3.46. The standard InChI is InChI=1S/C23H16BrFN2O/c24-22-4-2-1-3-18(22)13-16-5-7-17(8-6-16)14-19(15-26)23(28)27-21-11-9-20(25)10-12-21/h1-12,14H,13H2,(H,27,28)/b19-14+. The van der Waals surface area contributed by atoms with Crippen LogP contribution in [0, 0.1) is 17.1 Å². The number of nitrogens with zero attached hydrogens (tertiary/aromatic N) is 1. The first-order valence-electron chi connectivity index (χ1n) is 8.56. The van der Waals surface area contributed by atoms with Crippen LogP contribution < -0.4 is 5.32 Å². The van der Waals surface area contributed by atoms with Gasteiger partial charge in [0.15, 0.2) is 0 Å². The van der Waals surface area contributed by atoms with Gasteiger partial charge in [-0.15, -0.1) is 0 Å². The van der Waals surface area contributed by atoms with Crippen molar-refractivity contribution in [3.63, 3.8) is 0 Å². The van der Waals surface area contributed by atoms with E-state index in [2.05, 4.69) is 27.3 Å². The first kappa shape index (κ1) is 19.5. The number of benzene rings is 3. The van der Waals surface area contributed by atoms with E-state index in [1.54, 1.807) is 0 Å². The van der Waals surface area contributed by atoms with E-state index in [0.717, 1.165) is 22.0 Å². The van der Waals surface area contributed by atoms with Gasteiger partial charge in [-0.25, -0.2) is 4.39 Å². The lowest BCUT2D eigenvalue weighted by Crippen LogP contribution is -2.13. The monoisotopic (exact) mass is 434 g/mol. The summed E-state index contributed by atoms with van der Waals surface area (Å²) in [6, 6.07) is 23.0. The Hall–Kier alpha value is -3.23. The Labute approximate surface area is 171 Å². The van der Waals surface area contributed by atoms with Crippen molar-refractivity contribution < 1.29 is 9.18 Å². The van der Waals surface area contributed by atoms with Gasteiger partial charge < -0.3 is 5.32 Å². The van der Waals surface area contributed by atoms with Crippen LogP contribution in [0.5, 0.6) is 0 Å². The van der Waals surface area contributed by atoms with E-state index in [0.29, 0.717) is 5.69 Å². The minimum absolute atomic E-state index is 0.0251. The fourth-order valence-corrected chi connectivity index (χ4v) is 3.07. The average Bonchev–Trinajstić information content (AvgIpc) is 2.70. The number of hydrogen-bond donors (Lipinski definition) is 1. The van der Waals surface area contributed by atoms with Crippen molar-refractivity contribution in [1.29, 1.82) is 5.26 Å². The number of amides is 1. The van der Waals surface area contributed by atoms with Crippen LogP contribution >= 0.6 is 15.9 Å². The maximum absolute atomic E-state index is 12.9. The molecule has 138 valence electrons. The number of rotatable bonds is 5. The molecular formula is C23H16BrFN2O. The molecule has 3 aromatic rings. The molecule has 0 fully saturated rings. The van der Waals surface area contributed by atoms with Crippen LogP contribution in [0.15, 0.2) is 82.8 Å². The Morgan fingerprint density at radius 1 is 1.04 bits per heavy atom. The van der Waals surface area contributed by atoms with Crippen LogP contribution in [0.3, 0.4) is 0 Å². The normalized spacial score (nSPS) is 11.0. The molecule has 0 saturated heterocycles. The molecule has 0 atom stereocenters. The van der Waals surface area contributed by atoms with E-state index in [-0.39, 0.29) is 5.57 Å². The summed E-state index contributed by atoms with van der Waals surface area (Å²) in [7, 11) is 0. The highest BCUT2D eigenvalue weighted by atomic mass is 79.9. The SMILES string of the molecule is N#C/C(=C\c1ccc(Cc2ccccc2Br)cc1)C(=O)Nc1ccc(F)cc1. The highest BCUT2D eigenvalue weighted by Crippen LogP contribution is 2.20. The van der Waals surface area contributed by atoms with Gasteiger partial charge >= 0.3 is 0 Å². The summed E-state index contributed by atoms with van der Waals surface area (Å²) >= 11 is 3.55. The van der Waals surface area contributed by atoms with Gasteiger partial charge in [-0.2, -0.15) is 5.26 Å². The molecule has 0 heterocycles. The van der Waals surface area contributed by atoms with E-state index in [1.807, 2.05) is 48.5 Å². The third-order valence-corrected chi connectivity index (χ3v) is 4.88. The molecule has 5 heteroatoms. The Balaban J connectivity index is 1.72. The number of carbonyl (C=O) groups excluding carboxylic acids is 1. The number of nitriles is 1. The molecule has 0 aromatic heterocycles. The molecule has 28 heavy (non-hydrogen) atoms. The smallest absolute Gasteiger partial charge is 0.266 e. The molecule has 3 rings (SSSR count). The summed E-state index contributed by atoms with van der Waals surface area (Å²) in [6.07, 6.45) is 2.31. The van der Waals surface area contributed by atoms with Gasteiger partial charge in [-0.1, -0.05) is 58.4 Å². The quantitative estimate of drug-likeness (QED) is 0.412. The van der Waals surface area contributed by atoms with E-state index in [9.17, 15) is 14.4 Å². The first-order chi connectivity index (χ1) is 13.5. The van der Waals surface area contributed by atoms with Crippen LogP contribution in [0.1, 0.15) is 16.7 Å². The summed E-state index contributed by atoms with van der Waals surface area (Å²) < 4.78 is 14.0. The topological polar surface area (TPSA) is 52.9 Å². The third-order valence-electron chi connectivity index (χ3n) is 4.11. The maximum atomic E-state index is 12.9. The molecule has 1 amide bonds. The lowest BCUT2D eigenvalue weighted by molar-refractivity contribution is -0.112. The van der Waals surface area contributed by atoms with E-state index in [4.69, 9.17) is 0 Å². The van der Waals surface area contributed by atoms with Crippen molar-refractivity contribution in [3.8, 4) is 6.07 Å². The summed E-state index contributed by atoms with van der Waals surface area (Å²) in [6.45, 7) is 0. The first-order valence-corrected chi connectivity index (χ1v) is 9.35. The van der Waals surface area contributed by atoms with Gasteiger partial charge in [0.25, 0.3) is 5.91 Å². The maximum Gasteiger partial charge on any atom is 0.266 e. The van der Waals surface area contributed by atoms with Crippen molar-refractivity contribution >= 4 is 33.6 Å². The lowest BCUT2D eigenvalue weighted by atomic mass is 10.0. The van der Waals surface area contributed by atoms with Crippen LogP contribution in [0.25, 0.3) is 6.08 Å². The van der Waals surface area contributed by atoms with E-state index >= 15 is 0 Å². The number of anilines is 1. The van der Waals surface area contributed by atoms with Gasteiger partial charge in [0.1, 0.15) is 17.5 Å². The number of nitrogens with one attached hydrogen (secondary N) is 1. The largest absolute Gasteiger partial charge is 0.321 e. The van der Waals surface area contributed by atoms with Gasteiger partial charge in [-0.3, -0.25) is 4.79 Å². The van der Waals surface area contributed by atoms with Crippen LogP contribution in [-0.2, 0) is 11.2 Å². The lowest BCUT2D eigenvalue weighted by Gasteiger charge is -2.06. The fourth-order valence-electron chi connectivity index (χ4n) is 2.64. The van der Waals surface area contributed by atoms with Crippen molar-refractivity contribution in [2.45, 2.75) is 6.42 Å². The van der Waals surface area contributed by atoms with Gasteiger partial charge in [0.2, 0.25) is 0 Å². The molecule has 0 spiro atoms. The van der Waals surface area contributed by atoms with Gasteiger partial charge in [0.05, 0.1) is 0 Å². The number of halogens is 2. The van der Waals surface area contributed by atoms with Crippen LogP contribution in [0.2, 0.25) is 0 Å². The highest BCUT2D eigenvalue weighted by Gasteiger charge is 2.10. The molecule has 0 unspecified atom stereocenters. The Bertz CT molecular complexity index is 1050. The molecule has 3 aromatic carbocycles. The predicted octanol–water partition coefficient (Wildman–Crippen LogP) is 5.72. The zero-order valence-corrected chi connectivity index (χ0v) is 16.4. The Morgan fingerprint density at radius 3 is 2.36 bits per heavy atom. The van der Waals surface area contributed by atoms with E-state index < -0.39 is 11.7 Å². The second-order valence-corrected chi connectivity index (χ2v) is 6.99. The summed E-state index contributed by atoms with van der Waals surface area (Å²) in [5, 5.41) is 11.9. The summed E-state index contributed by atoms with van der Waals surface area (Å²) in [5.74, 6) is -0.928. The zero-order chi connectivity index (χ0) is 19.9. The Kier molecular flexibility index (Phi) is 6.36. The molecule has 1 N–H and O–H groups in total. The fraction of sp³-hybridized carbons (Fsp3) is 0.0435. The molecule has 0 bridgehead atoms. The van der Waals surface area contributed by atoms with Crippen LogP contribution in [-0.4, -0.2) is 5.91 Å². The molecule has 0 radical (unpaired) electrons. The molecule has 3 nitrogen and oxygen atoms in total. The minimum Gasteiger partial charge on any atom is -0.321 e.